The molecule has 1 heterocycles. The minimum Gasteiger partial charge on any atom is -0.435 e. The number of nitrogens with zero attached hydrogens (tertiary/aromatic N) is 1. The number of aromatic nitrogens is 1. The lowest BCUT2D eigenvalue weighted by molar-refractivity contribution is -0.116. The van der Waals surface area contributed by atoms with Crippen LogP contribution in [0.5, 0.6) is 11.6 Å². The number of ether oxygens (including phenoxy) is 1. The van der Waals surface area contributed by atoms with E-state index in [0.717, 1.165) is 0 Å². The first-order valence-corrected chi connectivity index (χ1v) is 9.74. The van der Waals surface area contributed by atoms with Crippen LogP contribution in [-0.4, -0.2) is 23.5 Å². The van der Waals surface area contributed by atoms with Gasteiger partial charge in [0.15, 0.2) is 5.75 Å². The van der Waals surface area contributed by atoms with Crippen LogP contribution in [0.25, 0.3) is 0 Å². The van der Waals surface area contributed by atoms with Crippen LogP contribution in [0, 0.1) is 0 Å². The van der Waals surface area contributed by atoms with Crippen molar-refractivity contribution < 1.29 is 14.3 Å². The van der Waals surface area contributed by atoms with Crippen molar-refractivity contribution in [3.05, 3.63) is 76.9 Å². The van der Waals surface area contributed by atoms with Gasteiger partial charge in [-0.15, -0.1) is 0 Å². The first-order chi connectivity index (χ1) is 14.5. The van der Waals surface area contributed by atoms with E-state index in [2.05, 4.69) is 20.9 Å². The van der Waals surface area contributed by atoms with Crippen molar-refractivity contribution in [2.45, 2.75) is 6.42 Å². The Bertz CT molecular complexity index is 1030. The highest BCUT2D eigenvalue weighted by Crippen LogP contribution is 2.33. The summed E-state index contributed by atoms with van der Waals surface area (Å²) in [7, 11) is 0. The lowest BCUT2D eigenvalue weighted by Crippen LogP contribution is -2.31. The van der Waals surface area contributed by atoms with Crippen LogP contribution in [0.2, 0.25) is 10.0 Å². The highest BCUT2D eigenvalue weighted by Gasteiger charge is 2.12. The standard InChI is InChI=1S/C21H18Cl2N4O3/c22-14-12-16(23)20(25-13-14)30-18-9-5-4-8-17(18)27-19(28)10-11-24-21(29)26-15-6-2-1-3-7-15/h1-9,12-13H,10-11H2,(H,27,28)(H2,24,26,29). The Labute approximate surface area is 183 Å². The SMILES string of the molecule is O=C(CCNC(=O)Nc1ccccc1)Nc1ccccc1Oc1ncc(Cl)cc1Cl. The maximum absolute atomic E-state index is 12.3. The average molecular weight is 445 g/mol. The number of hydrogen-bond acceptors (Lipinski definition) is 4. The van der Waals surface area contributed by atoms with Gasteiger partial charge in [-0.05, 0) is 30.3 Å². The minimum atomic E-state index is -0.388. The van der Waals surface area contributed by atoms with Crippen molar-refractivity contribution in [3.63, 3.8) is 0 Å². The van der Waals surface area contributed by atoms with Crippen molar-refractivity contribution in [2.24, 2.45) is 0 Å². The van der Waals surface area contributed by atoms with E-state index in [-0.39, 0.29) is 35.8 Å². The first kappa shape index (κ1) is 21.4. The fourth-order valence-corrected chi connectivity index (χ4v) is 2.86. The predicted octanol–water partition coefficient (Wildman–Crippen LogP) is 5.33. The normalized spacial score (nSPS) is 10.2. The second-order valence-corrected chi connectivity index (χ2v) is 6.93. The molecule has 30 heavy (non-hydrogen) atoms. The highest BCUT2D eigenvalue weighted by atomic mass is 35.5. The van der Waals surface area contributed by atoms with Crippen LogP contribution in [-0.2, 0) is 4.79 Å². The first-order valence-electron chi connectivity index (χ1n) is 8.99. The molecule has 0 atom stereocenters. The Balaban J connectivity index is 1.52. The number of nitrogens with one attached hydrogen (secondary N) is 3. The summed E-state index contributed by atoms with van der Waals surface area (Å²) in [6.45, 7) is 0.165. The molecule has 0 saturated heterocycles. The molecule has 2 aromatic carbocycles. The molecular formula is C21H18Cl2N4O3. The summed E-state index contributed by atoms with van der Waals surface area (Å²) in [5.41, 5.74) is 1.11. The van der Waals surface area contributed by atoms with Crippen LogP contribution in [0.15, 0.2) is 66.9 Å². The summed E-state index contributed by atoms with van der Waals surface area (Å²) >= 11 is 11.9. The summed E-state index contributed by atoms with van der Waals surface area (Å²) in [6.07, 6.45) is 1.49. The van der Waals surface area contributed by atoms with Crippen molar-refractivity contribution in [1.29, 1.82) is 0 Å². The number of anilines is 2. The van der Waals surface area contributed by atoms with Gasteiger partial charge < -0.3 is 20.7 Å². The molecule has 3 aromatic rings. The van der Waals surface area contributed by atoms with Gasteiger partial charge in [0, 0.05) is 24.8 Å². The van der Waals surface area contributed by atoms with E-state index < -0.39 is 0 Å². The number of hydrogen-bond donors (Lipinski definition) is 3. The molecule has 3 amide bonds. The molecule has 9 heteroatoms. The lowest BCUT2D eigenvalue weighted by Gasteiger charge is -2.13. The molecule has 0 aliphatic heterocycles. The maximum Gasteiger partial charge on any atom is 0.319 e. The molecular weight excluding hydrogens is 427 g/mol. The number of amides is 3. The van der Waals surface area contributed by atoms with Crippen LogP contribution in [0.3, 0.4) is 0 Å². The minimum absolute atomic E-state index is 0.0799. The van der Waals surface area contributed by atoms with E-state index in [1.54, 1.807) is 36.4 Å². The largest absolute Gasteiger partial charge is 0.435 e. The third-order valence-corrected chi connectivity index (χ3v) is 4.29. The third-order valence-electron chi connectivity index (χ3n) is 3.81. The summed E-state index contributed by atoms with van der Waals surface area (Å²) in [5, 5.41) is 8.70. The summed E-state index contributed by atoms with van der Waals surface area (Å²) in [6, 6.07) is 17.0. The van der Waals surface area contributed by atoms with E-state index in [9.17, 15) is 9.59 Å². The summed E-state index contributed by atoms with van der Waals surface area (Å²) < 4.78 is 5.71. The topological polar surface area (TPSA) is 92.4 Å². The van der Waals surface area contributed by atoms with Gasteiger partial charge >= 0.3 is 6.03 Å². The Morgan fingerprint density at radius 2 is 1.70 bits per heavy atom. The summed E-state index contributed by atoms with van der Waals surface area (Å²) in [5.74, 6) is 0.251. The predicted molar refractivity (Wildman–Crippen MR) is 117 cm³/mol. The number of halogens is 2. The number of carbonyl (C=O) groups excluding carboxylic acids is 2. The second-order valence-electron chi connectivity index (χ2n) is 6.08. The monoisotopic (exact) mass is 444 g/mol. The molecule has 0 saturated carbocycles. The van der Waals surface area contributed by atoms with Gasteiger partial charge in [-0.25, -0.2) is 9.78 Å². The van der Waals surface area contributed by atoms with Crippen molar-refractivity contribution >= 4 is 46.5 Å². The maximum atomic E-state index is 12.3. The lowest BCUT2D eigenvalue weighted by atomic mass is 10.2. The number of urea groups is 1. The highest BCUT2D eigenvalue weighted by molar-refractivity contribution is 6.35. The molecule has 7 nitrogen and oxygen atoms in total. The van der Waals surface area contributed by atoms with Gasteiger partial charge in [0.2, 0.25) is 11.8 Å². The Morgan fingerprint density at radius 3 is 2.47 bits per heavy atom. The number of carbonyl (C=O) groups is 2. The molecule has 1 aromatic heterocycles. The van der Waals surface area contributed by atoms with E-state index in [1.165, 1.54) is 12.3 Å². The summed E-state index contributed by atoms with van der Waals surface area (Å²) in [4.78, 5) is 28.2. The molecule has 154 valence electrons. The van der Waals surface area contributed by atoms with E-state index >= 15 is 0 Å². The van der Waals surface area contributed by atoms with Gasteiger partial charge in [0.1, 0.15) is 5.02 Å². The second kappa shape index (κ2) is 10.5. The number of pyridine rings is 1. The van der Waals surface area contributed by atoms with E-state index in [0.29, 0.717) is 22.1 Å². The molecule has 0 fully saturated rings. The van der Waals surface area contributed by atoms with Gasteiger partial charge in [0.25, 0.3) is 0 Å². The van der Waals surface area contributed by atoms with Crippen molar-refractivity contribution in [2.75, 3.05) is 17.2 Å². The van der Waals surface area contributed by atoms with E-state index in [1.807, 2.05) is 18.2 Å². The van der Waals surface area contributed by atoms with Crippen LogP contribution >= 0.6 is 23.2 Å². The van der Waals surface area contributed by atoms with Gasteiger partial charge in [0.05, 0.1) is 10.7 Å². The van der Waals surface area contributed by atoms with Crippen LogP contribution in [0.1, 0.15) is 6.42 Å². The Kier molecular flexibility index (Phi) is 7.48. The van der Waals surface area contributed by atoms with Crippen molar-refractivity contribution in [1.82, 2.24) is 10.3 Å². The van der Waals surface area contributed by atoms with Gasteiger partial charge in [-0.2, -0.15) is 0 Å². The molecule has 0 radical (unpaired) electrons. The van der Waals surface area contributed by atoms with E-state index in [4.69, 9.17) is 27.9 Å². The zero-order chi connectivity index (χ0) is 21.3. The number of benzene rings is 2. The molecule has 0 unspecified atom stereocenters. The third kappa shape index (κ3) is 6.37. The Hall–Kier alpha value is -3.29. The van der Waals surface area contributed by atoms with Gasteiger partial charge in [-0.3, -0.25) is 4.79 Å². The quantitative estimate of drug-likeness (QED) is 0.458. The zero-order valence-electron chi connectivity index (χ0n) is 15.7. The molecule has 3 rings (SSSR count). The molecule has 0 aliphatic rings. The number of rotatable bonds is 7. The Morgan fingerprint density at radius 1 is 0.967 bits per heavy atom. The van der Waals surface area contributed by atoms with Crippen LogP contribution < -0.4 is 20.7 Å². The van der Waals surface area contributed by atoms with Crippen molar-refractivity contribution in [3.8, 4) is 11.6 Å². The smallest absolute Gasteiger partial charge is 0.319 e. The molecule has 0 bridgehead atoms. The average Bonchev–Trinajstić information content (AvgIpc) is 2.72. The zero-order valence-corrected chi connectivity index (χ0v) is 17.2. The van der Waals surface area contributed by atoms with Crippen LogP contribution in [0.4, 0.5) is 16.2 Å². The molecule has 3 N–H and O–H groups in total. The fraction of sp³-hybridized carbons (Fsp3) is 0.0952. The molecule has 0 spiro atoms. The molecule has 0 aliphatic carbocycles. The number of para-hydroxylation sites is 3. The fourth-order valence-electron chi connectivity index (χ4n) is 2.44. The van der Waals surface area contributed by atoms with Gasteiger partial charge in [-0.1, -0.05) is 53.5 Å².